The van der Waals surface area contributed by atoms with Gasteiger partial charge in [-0.25, -0.2) is 0 Å². The average molecular weight is 273 g/mol. The van der Waals surface area contributed by atoms with Gasteiger partial charge in [0, 0.05) is 13.1 Å². The number of nitriles is 1. The molecule has 0 aromatic heterocycles. The first-order chi connectivity index (χ1) is 9.72. The third-order valence-corrected chi connectivity index (χ3v) is 4.01. The van der Waals surface area contributed by atoms with Crippen molar-refractivity contribution in [2.24, 2.45) is 5.92 Å². The first-order valence-corrected chi connectivity index (χ1v) is 7.34. The van der Waals surface area contributed by atoms with Crippen LogP contribution in [0.3, 0.4) is 0 Å². The maximum atomic E-state index is 10.1. The van der Waals surface area contributed by atoms with Gasteiger partial charge in [0.2, 0.25) is 0 Å². The zero-order valence-corrected chi connectivity index (χ0v) is 12.0. The second-order valence-corrected chi connectivity index (χ2v) is 5.46. The van der Waals surface area contributed by atoms with Crippen LogP contribution in [0.4, 0.5) is 0 Å². The number of benzene rings is 1. The fourth-order valence-corrected chi connectivity index (χ4v) is 2.69. The summed E-state index contributed by atoms with van der Waals surface area (Å²) >= 11 is 0. The highest BCUT2D eigenvalue weighted by molar-refractivity contribution is 5.32. The van der Waals surface area contributed by atoms with E-state index in [1.165, 1.54) is 13.0 Å². The van der Waals surface area contributed by atoms with Crippen LogP contribution < -0.4 is 5.32 Å². The summed E-state index contributed by atoms with van der Waals surface area (Å²) < 4.78 is 0. The monoisotopic (exact) mass is 273 g/mol. The number of rotatable bonds is 6. The Kier molecular flexibility index (Phi) is 5.54. The van der Waals surface area contributed by atoms with Gasteiger partial charge in [-0.15, -0.1) is 0 Å². The van der Waals surface area contributed by atoms with Crippen LogP contribution in [0.25, 0.3) is 0 Å². The molecule has 1 aliphatic rings. The number of hydrogen-bond acceptors (Lipinski definition) is 4. The third kappa shape index (κ3) is 4.04. The molecule has 20 heavy (non-hydrogen) atoms. The quantitative estimate of drug-likeness (QED) is 0.825. The molecular weight excluding hydrogens is 250 g/mol. The second-order valence-electron chi connectivity index (χ2n) is 5.46. The number of likely N-dealkylation sites (tertiary alicyclic amines) is 1. The molecule has 0 saturated carbocycles. The number of hydrogen-bond donors (Lipinski definition) is 2. The third-order valence-electron chi connectivity index (χ3n) is 4.01. The number of nitrogens with one attached hydrogen (secondary N) is 1. The van der Waals surface area contributed by atoms with E-state index in [1.54, 1.807) is 12.1 Å². The van der Waals surface area contributed by atoms with E-state index >= 15 is 0 Å². The predicted molar refractivity (Wildman–Crippen MR) is 79.2 cm³/mol. The molecule has 2 N–H and O–H groups in total. The fraction of sp³-hybridized carbons (Fsp3) is 0.562. The van der Waals surface area contributed by atoms with Crippen LogP contribution in [-0.2, 0) is 0 Å². The second kappa shape index (κ2) is 7.39. The van der Waals surface area contributed by atoms with Crippen LogP contribution in [0.2, 0.25) is 0 Å². The molecule has 1 aromatic rings. The van der Waals surface area contributed by atoms with Crippen LogP contribution in [-0.4, -0.2) is 42.7 Å². The van der Waals surface area contributed by atoms with Crippen molar-refractivity contribution in [2.75, 3.05) is 32.7 Å². The molecular formula is C16H23N3O. The summed E-state index contributed by atoms with van der Waals surface area (Å²) in [5, 5.41) is 22.2. The first kappa shape index (κ1) is 15.0. The summed E-state index contributed by atoms with van der Waals surface area (Å²) in [6.07, 6.45) is 0.736. The molecule has 2 unspecified atom stereocenters. The van der Waals surface area contributed by atoms with E-state index in [0.717, 1.165) is 25.2 Å². The van der Waals surface area contributed by atoms with Crippen LogP contribution in [0.1, 0.15) is 30.6 Å². The molecule has 1 aromatic carbocycles. The van der Waals surface area contributed by atoms with Gasteiger partial charge in [-0.2, -0.15) is 5.26 Å². The normalized spacial score (nSPS) is 20.8. The Balaban J connectivity index is 1.72. The van der Waals surface area contributed by atoms with E-state index in [2.05, 4.69) is 23.2 Å². The SMILES string of the molecule is CCN1CCC(CNCC(O)c2ccc(C#N)cc2)C1. The van der Waals surface area contributed by atoms with Crippen LogP contribution in [0.5, 0.6) is 0 Å². The van der Waals surface area contributed by atoms with E-state index < -0.39 is 6.10 Å². The van der Waals surface area contributed by atoms with Crippen molar-refractivity contribution in [3.8, 4) is 6.07 Å². The zero-order valence-electron chi connectivity index (χ0n) is 12.0. The molecule has 1 aliphatic heterocycles. The Bertz CT molecular complexity index is 452. The minimum absolute atomic E-state index is 0.508. The van der Waals surface area contributed by atoms with Crippen LogP contribution in [0, 0.1) is 17.2 Å². The number of aliphatic hydroxyl groups is 1. The molecule has 2 atom stereocenters. The largest absolute Gasteiger partial charge is 0.387 e. The van der Waals surface area contributed by atoms with Crippen LogP contribution >= 0.6 is 0 Å². The van der Waals surface area contributed by atoms with Crippen LogP contribution in [0.15, 0.2) is 24.3 Å². The van der Waals surface area contributed by atoms with Crippen molar-refractivity contribution in [3.63, 3.8) is 0 Å². The smallest absolute Gasteiger partial charge is 0.0991 e. The molecule has 0 aliphatic carbocycles. The van der Waals surface area contributed by atoms with E-state index in [9.17, 15) is 5.11 Å². The summed E-state index contributed by atoms with van der Waals surface area (Å²) in [6, 6.07) is 9.21. The molecule has 1 saturated heterocycles. The molecule has 108 valence electrons. The summed E-state index contributed by atoms with van der Waals surface area (Å²) in [5.41, 5.74) is 1.48. The standard InChI is InChI=1S/C16H23N3O/c1-2-19-8-7-14(12-19)10-18-11-16(20)15-5-3-13(9-17)4-6-15/h3-6,14,16,18,20H,2,7-8,10-12H2,1H3. The molecule has 4 heteroatoms. The molecule has 4 nitrogen and oxygen atoms in total. The fourth-order valence-electron chi connectivity index (χ4n) is 2.69. The van der Waals surface area contributed by atoms with Gasteiger partial charge in [0.05, 0.1) is 17.7 Å². The van der Waals surface area contributed by atoms with Gasteiger partial charge in [0.25, 0.3) is 0 Å². The van der Waals surface area contributed by atoms with Crippen molar-refractivity contribution in [1.29, 1.82) is 5.26 Å². The van der Waals surface area contributed by atoms with Gasteiger partial charge in [0.15, 0.2) is 0 Å². The van der Waals surface area contributed by atoms with Gasteiger partial charge in [-0.3, -0.25) is 0 Å². The highest BCUT2D eigenvalue weighted by atomic mass is 16.3. The summed E-state index contributed by atoms with van der Waals surface area (Å²) in [5.74, 6) is 0.697. The van der Waals surface area contributed by atoms with Gasteiger partial charge in [-0.05, 0) is 49.7 Å². The van der Waals surface area contributed by atoms with Gasteiger partial charge >= 0.3 is 0 Å². The lowest BCUT2D eigenvalue weighted by molar-refractivity contribution is 0.172. The molecule has 1 heterocycles. The van der Waals surface area contributed by atoms with E-state index in [0.29, 0.717) is 18.0 Å². The summed E-state index contributed by atoms with van der Waals surface area (Å²) in [4.78, 5) is 2.46. The predicted octanol–water partition coefficient (Wildman–Crippen LogP) is 1.52. The minimum Gasteiger partial charge on any atom is -0.387 e. The zero-order chi connectivity index (χ0) is 14.4. The first-order valence-electron chi connectivity index (χ1n) is 7.34. The highest BCUT2D eigenvalue weighted by Crippen LogP contribution is 2.16. The van der Waals surface area contributed by atoms with E-state index in [4.69, 9.17) is 5.26 Å². The maximum absolute atomic E-state index is 10.1. The molecule has 0 spiro atoms. The van der Waals surface area contributed by atoms with Gasteiger partial charge in [-0.1, -0.05) is 19.1 Å². The van der Waals surface area contributed by atoms with Crippen molar-refractivity contribution < 1.29 is 5.11 Å². The number of aliphatic hydroxyl groups excluding tert-OH is 1. The Morgan fingerprint density at radius 2 is 2.20 bits per heavy atom. The van der Waals surface area contributed by atoms with E-state index in [-0.39, 0.29) is 0 Å². The molecule has 2 rings (SSSR count). The topological polar surface area (TPSA) is 59.3 Å². The molecule has 0 amide bonds. The Labute approximate surface area is 121 Å². The molecule has 0 radical (unpaired) electrons. The Hall–Kier alpha value is -1.41. The minimum atomic E-state index is -0.508. The van der Waals surface area contributed by atoms with Crippen molar-refractivity contribution in [1.82, 2.24) is 10.2 Å². The molecule has 0 bridgehead atoms. The maximum Gasteiger partial charge on any atom is 0.0991 e. The summed E-state index contributed by atoms with van der Waals surface area (Å²) in [6.45, 7) is 7.21. The van der Waals surface area contributed by atoms with Crippen molar-refractivity contribution >= 4 is 0 Å². The van der Waals surface area contributed by atoms with Gasteiger partial charge in [0.1, 0.15) is 0 Å². The lowest BCUT2D eigenvalue weighted by Crippen LogP contribution is -2.29. The van der Waals surface area contributed by atoms with Crippen molar-refractivity contribution in [3.05, 3.63) is 35.4 Å². The Morgan fingerprint density at radius 3 is 2.80 bits per heavy atom. The molecule has 1 fully saturated rings. The van der Waals surface area contributed by atoms with E-state index in [1.807, 2.05) is 12.1 Å². The average Bonchev–Trinajstić information content (AvgIpc) is 2.95. The number of nitrogens with zero attached hydrogens (tertiary/aromatic N) is 2. The van der Waals surface area contributed by atoms with Crippen molar-refractivity contribution in [2.45, 2.75) is 19.4 Å². The van der Waals surface area contributed by atoms with Gasteiger partial charge < -0.3 is 15.3 Å². The lowest BCUT2D eigenvalue weighted by Gasteiger charge is -2.16. The summed E-state index contributed by atoms with van der Waals surface area (Å²) in [7, 11) is 0. The highest BCUT2D eigenvalue weighted by Gasteiger charge is 2.20. The lowest BCUT2D eigenvalue weighted by atomic mass is 10.1. The Morgan fingerprint density at radius 1 is 1.45 bits per heavy atom.